The van der Waals surface area contributed by atoms with Crippen LogP contribution in [-0.4, -0.2) is 5.54 Å². The van der Waals surface area contributed by atoms with Crippen LogP contribution in [0.4, 0.5) is 0 Å². The van der Waals surface area contributed by atoms with Gasteiger partial charge < -0.3 is 9.73 Å². The van der Waals surface area contributed by atoms with Gasteiger partial charge in [0.15, 0.2) is 0 Å². The maximum Gasteiger partial charge on any atom is 0.134 e. The van der Waals surface area contributed by atoms with Crippen LogP contribution in [0.3, 0.4) is 0 Å². The molecule has 0 saturated heterocycles. The second-order valence-electron chi connectivity index (χ2n) is 9.90. The largest absolute Gasteiger partial charge is 0.460 e. The van der Waals surface area contributed by atoms with E-state index in [2.05, 4.69) is 55.6 Å². The molecule has 4 bridgehead atoms. The van der Waals surface area contributed by atoms with Crippen LogP contribution in [0, 0.1) is 16.7 Å². The molecule has 1 N–H and O–H groups in total. The predicted molar refractivity (Wildman–Crippen MR) is 101 cm³/mol. The van der Waals surface area contributed by atoms with Crippen molar-refractivity contribution in [2.75, 3.05) is 0 Å². The summed E-state index contributed by atoms with van der Waals surface area (Å²) in [6, 6.07) is 14.6. The van der Waals surface area contributed by atoms with E-state index < -0.39 is 0 Å². The van der Waals surface area contributed by atoms with E-state index in [1.54, 1.807) is 0 Å². The van der Waals surface area contributed by atoms with Crippen molar-refractivity contribution >= 4 is 0 Å². The van der Waals surface area contributed by atoms with Crippen molar-refractivity contribution in [2.45, 2.75) is 64.5 Å². The molecule has 4 saturated carbocycles. The van der Waals surface area contributed by atoms with Crippen LogP contribution < -0.4 is 5.32 Å². The molecule has 4 atom stereocenters. The number of benzene rings is 1. The summed E-state index contributed by atoms with van der Waals surface area (Å²) in [6.45, 7) is 5.92. The van der Waals surface area contributed by atoms with Crippen LogP contribution in [0.15, 0.2) is 46.9 Å². The first-order valence-electron chi connectivity index (χ1n) is 9.84. The predicted octanol–water partition coefficient (Wildman–Crippen LogP) is 5.79. The molecule has 4 fully saturated rings. The highest BCUT2D eigenvalue weighted by molar-refractivity contribution is 5.57. The van der Waals surface area contributed by atoms with Gasteiger partial charge in [0.25, 0.3) is 0 Å². The Balaban J connectivity index is 1.33. The quantitative estimate of drug-likeness (QED) is 0.765. The lowest BCUT2D eigenvalue weighted by molar-refractivity contribution is -0.118. The summed E-state index contributed by atoms with van der Waals surface area (Å²) >= 11 is 0. The van der Waals surface area contributed by atoms with E-state index in [9.17, 15) is 0 Å². The van der Waals surface area contributed by atoms with Crippen molar-refractivity contribution in [2.24, 2.45) is 16.7 Å². The second kappa shape index (κ2) is 5.23. The summed E-state index contributed by atoms with van der Waals surface area (Å²) in [4.78, 5) is 0. The van der Waals surface area contributed by atoms with Gasteiger partial charge in [-0.2, -0.15) is 0 Å². The maximum absolute atomic E-state index is 6.12. The third-order valence-corrected chi connectivity index (χ3v) is 6.98. The van der Waals surface area contributed by atoms with Crippen molar-refractivity contribution in [1.29, 1.82) is 0 Å². The summed E-state index contributed by atoms with van der Waals surface area (Å²) in [5.41, 5.74) is 2.60. The summed E-state index contributed by atoms with van der Waals surface area (Å²) in [6.07, 6.45) is 8.38. The standard InChI is InChI=1S/C23H29NO/c1-21-10-17-11-22(2,14-21)16-23(12-17,15-21)24-13-19-8-9-20(25-19)18-6-4-3-5-7-18/h3-9,17,24H,10-16H2,1-2H3/t17?,21-,22+,23?. The fourth-order valence-corrected chi connectivity index (χ4v) is 7.15. The topological polar surface area (TPSA) is 25.2 Å². The number of hydrogen-bond donors (Lipinski definition) is 1. The van der Waals surface area contributed by atoms with Gasteiger partial charge in [0.1, 0.15) is 11.5 Å². The van der Waals surface area contributed by atoms with Crippen molar-refractivity contribution in [3.8, 4) is 11.3 Å². The van der Waals surface area contributed by atoms with E-state index in [4.69, 9.17) is 4.42 Å². The molecule has 4 aliphatic rings. The van der Waals surface area contributed by atoms with E-state index in [0.29, 0.717) is 16.4 Å². The molecule has 0 radical (unpaired) electrons. The highest BCUT2D eigenvalue weighted by Crippen LogP contribution is 2.66. The van der Waals surface area contributed by atoms with E-state index in [0.717, 1.165) is 29.5 Å². The smallest absolute Gasteiger partial charge is 0.134 e. The van der Waals surface area contributed by atoms with Crippen LogP contribution in [0.1, 0.15) is 58.1 Å². The van der Waals surface area contributed by atoms with Crippen molar-refractivity contribution in [3.63, 3.8) is 0 Å². The fourth-order valence-electron chi connectivity index (χ4n) is 7.15. The number of rotatable bonds is 4. The highest BCUT2D eigenvalue weighted by Gasteiger charge is 2.59. The summed E-state index contributed by atoms with van der Waals surface area (Å²) in [7, 11) is 0. The third kappa shape index (κ3) is 2.75. The van der Waals surface area contributed by atoms with Gasteiger partial charge in [-0.3, -0.25) is 0 Å². The van der Waals surface area contributed by atoms with Crippen LogP contribution in [0.5, 0.6) is 0 Å². The summed E-state index contributed by atoms with van der Waals surface area (Å²) in [5, 5.41) is 3.97. The van der Waals surface area contributed by atoms with Gasteiger partial charge >= 0.3 is 0 Å². The fraction of sp³-hybridized carbons (Fsp3) is 0.565. The number of hydrogen-bond acceptors (Lipinski definition) is 2. The van der Waals surface area contributed by atoms with Crippen LogP contribution >= 0.6 is 0 Å². The van der Waals surface area contributed by atoms with Crippen LogP contribution in [-0.2, 0) is 6.54 Å². The first-order chi connectivity index (χ1) is 12.0. The van der Waals surface area contributed by atoms with Gasteiger partial charge in [0.05, 0.1) is 6.54 Å². The van der Waals surface area contributed by atoms with Gasteiger partial charge in [-0.05, 0) is 67.4 Å². The zero-order valence-electron chi connectivity index (χ0n) is 15.5. The molecule has 4 aliphatic carbocycles. The van der Waals surface area contributed by atoms with Crippen LogP contribution in [0.25, 0.3) is 11.3 Å². The molecule has 0 aliphatic heterocycles. The Morgan fingerprint density at radius 3 is 2.32 bits per heavy atom. The van der Waals surface area contributed by atoms with Crippen molar-refractivity contribution < 1.29 is 4.42 Å². The molecule has 2 heteroatoms. The first-order valence-corrected chi connectivity index (χ1v) is 9.84. The molecule has 1 aromatic carbocycles. The normalized spacial score (nSPS) is 39.0. The van der Waals surface area contributed by atoms with Gasteiger partial charge in [-0.1, -0.05) is 44.2 Å². The summed E-state index contributed by atoms with van der Waals surface area (Å²) in [5.74, 6) is 2.96. The number of nitrogens with one attached hydrogen (secondary N) is 1. The summed E-state index contributed by atoms with van der Waals surface area (Å²) < 4.78 is 6.12. The molecule has 2 unspecified atom stereocenters. The zero-order valence-corrected chi connectivity index (χ0v) is 15.5. The third-order valence-electron chi connectivity index (χ3n) is 6.98. The molecule has 132 valence electrons. The average Bonchev–Trinajstić information content (AvgIpc) is 2.99. The lowest BCUT2D eigenvalue weighted by atomic mass is 9.43. The number of furan rings is 1. The molecule has 1 heterocycles. The molecule has 2 aromatic rings. The minimum Gasteiger partial charge on any atom is -0.460 e. The molecule has 25 heavy (non-hydrogen) atoms. The first kappa shape index (κ1) is 15.7. The molecule has 2 nitrogen and oxygen atoms in total. The zero-order chi connectivity index (χ0) is 17.1. The molecule has 0 spiro atoms. The second-order valence-corrected chi connectivity index (χ2v) is 9.90. The Hall–Kier alpha value is -1.54. The van der Waals surface area contributed by atoms with E-state index >= 15 is 0 Å². The Morgan fingerprint density at radius 2 is 1.64 bits per heavy atom. The highest BCUT2D eigenvalue weighted by atomic mass is 16.3. The Labute approximate surface area is 151 Å². The van der Waals surface area contributed by atoms with Crippen molar-refractivity contribution in [1.82, 2.24) is 5.32 Å². The van der Waals surface area contributed by atoms with Crippen molar-refractivity contribution in [3.05, 3.63) is 48.2 Å². The van der Waals surface area contributed by atoms with E-state index in [1.165, 1.54) is 38.5 Å². The van der Waals surface area contributed by atoms with Gasteiger partial charge in [0.2, 0.25) is 0 Å². The minimum atomic E-state index is 0.336. The maximum atomic E-state index is 6.12. The van der Waals surface area contributed by atoms with Gasteiger partial charge in [0, 0.05) is 11.1 Å². The van der Waals surface area contributed by atoms with E-state index in [1.807, 2.05) is 6.07 Å². The molecular formula is C23H29NO. The molecule has 0 amide bonds. The van der Waals surface area contributed by atoms with E-state index in [-0.39, 0.29) is 0 Å². The lowest BCUT2D eigenvalue weighted by Crippen LogP contribution is -2.63. The molecular weight excluding hydrogens is 306 g/mol. The molecule has 1 aromatic heterocycles. The lowest BCUT2D eigenvalue weighted by Gasteiger charge is -2.65. The Bertz CT molecular complexity index is 758. The Kier molecular flexibility index (Phi) is 3.29. The SMILES string of the molecule is C[C@]12CC3CC(NCc4ccc(-c5ccccc5)o4)(C1)C[C@@](C)(C3)C2. The average molecular weight is 335 g/mol. The molecule has 6 rings (SSSR count). The van der Waals surface area contributed by atoms with Gasteiger partial charge in [-0.15, -0.1) is 0 Å². The van der Waals surface area contributed by atoms with Gasteiger partial charge in [-0.25, -0.2) is 0 Å². The minimum absolute atomic E-state index is 0.336. The monoisotopic (exact) mass is 335 g/mol. The van der Waals surface area contributed by atoms with Crippen LogP contribution in [0.2, 0.25) is 0 Å². The Morgan fingerprint density at radius 1 is 0.920 bits per heavy atom.